The van der Waals surface area contributed by atoms with Crippen molar-refractivity contribution in [3.8, 4) is 5.75 Å². The molecule has 1 spiro atoms. The molecule has 4 amide bonds. The molecule has 0 radical (unpaired) electrons. The number of ether oxygens (including phenoxy) is 1. The molecule has 2 aromatic carbocycles. The van der Waals surface area contributed by atoms with Gasteiger partial charge in [0.15, 0.2) is 0 Å². The van der Waals surface area contributed by atoms with Crippen molar-refractivity contribution in [3.63, 3.8) is 0 Å². The molecule has 5 rings (SSSR count). The Balaban J connectivity index is 1.57. The third kappa shape index (κ3) is 3.03. The zero-order valence-electron chi connectivity index (χ0n) is 18.0. The fraction of sp³-hybridized carbons (Fsp3) is 0.333. The molecule has 2 aromatic rings. The number of nitrogens with zero attached hydrogens (tertiary/aromatic N) is 1. The zero-order chi connectivity index (χ0) is 23.3. The molecule has 3 heterocycles. The lowest BCUT2D eigenvalue weighted by atomic mass is 9.76. The summed E-state index contributed by atoms with van der Waals surface area (Å²) in [6.45, 7) is 0.0383. The summed E-state index contributed by atoms with van der Waals surface area (Å²) in [6, 6.07) is 13.8. The van der Waals surface area contributed by atoms with Crippen molar-refractivity contribution in [2.24, 2.45) is 17.6 Å². The van der Waals surface area contributed by atoms with E-state index in [0.717, 1.165) is 0 Å². The first kappa shape index (κ1) is 21.1. The molecule has 3 aliphatic heterocycles. The smallest absolute Gasteiger partial charge is 0.250 e. The highest BCUT2D eigenvalue weighted by Crippen LogP contribution is 2.53. The van der Waals surface area contributed by atoms with E-state index >= 15 is 0 Å². The lowest BCUT2D eigenvalue weighted by Gasteiger charge is -2.29. The molecule has 2 saturated heterocycles. The van der Waals surface area contributed by atoms with Crippen LogP contribution >= 0.6 is 0 Å². The highest BCUT2D eigenvalue weighted by Gasteiger charge is 2.70. The van der Waals surface area contributed by atoms with Crippen LogP contribution in [0.1, 0.15) is 24.0 Å². The number of rotatable bonds is 6. The number of nitrogens with one attached hydrogen (secondary N) is 2. The zero-order valence-corrected chi connectivity index (χ0v) is 18.0. The SMILES string of the molecule is COc1ccccc1CN1C(=O)[C@H]2[C@@H](C1=O)[C@@]1(N[C@@H]2CCC(N)=O)C(=O)Nc2ccccc21. The first-order valence-corrected chi connectivity index (χ1v) is 10.8. The summed E-state index contributed by atoms with van der Waals surface area (Å²) < 4.78 is 5.39. The van der Waals surface area contributed by atoms with Crippen LogP contribution in [-0.2, 0) is 31.3 Å². The summed E-state index contributed by atoms with van der Waals surface area (Å²) >= 11 is 0. The first-order valence-electron chi connectivity index (χ1n) is 10.8. The Morgan fingerprint density at radius 1 is 1.09 bits per heavy atom. The number of fused-ring (bicyclic) bond motifs is 4. The molecule has 33 heavy (non-hydrogen) atoms. The summed E-state index contributed by atoms with van der Waals surface area (Å²) in [4.78, 5) is 53.4. The van der Waals surface area contributed by atoms with Crippen LogP contribution in [0.5, 0.6) is 5.75 Å². The number of para-hydroxylation sites is 2. The van der Waals surface area contributed by atoms with Crippen LogP contribution in [0.3, 0.4) is 0 Å². The lowest BCUT2D eigenvalue weighted by molar-refractivity contribution is -0.143. The number of amides is 4. The molecule has 0 bridgehead atoms. The van der Waals surface area contributed by atoms with Gasteiger partial charge in [0.25, 0.3) is 0 Å². The third-order valence-corrected chi connectivity index (χ3v) is 6.94. The van der Waals surface area contributed by atoms with Gasteiger partial charge in [-0.1, -0.05) is 36.4 Å². The monoisotopic (exact) mass is 448 g/mol. The minimum Gasteiger partial charge on any atom is -0.496 e. The number of methoxy groups -OCH3 is 1. The van der Waals surface area contributed by atoms with Gasteiger partial charge in [0.1, 0.15) is 11.3 Å². The van der Waals surface area contributed by atoms with Gasteiger partial charge in [-0.25, -0.2) is 0 Å². The number of imide groups is 1. The standard InChI is InChI=1S/C24H24N4O5/c1-33-17-9-5-2-6-13(17)12-28-21(30)19-16(10-11-18(25)29)27-24(20(19)22(28)31)14-7-3-4-8-15(14)26-23(24)32/h2-9,16,19-20,27H,10-12H2,1H3,(H2,25,29)(H,26,32)/t16-,19-,20+,24-/m1/s1. The second kappa shape index (κ2) is 7.70. The fourth-order valence-electron chi connectivity index (χ4n) is 5.52. The highest BCUT2D eigenvalue weighted by molar-refractivity contribution is 6.15. The molecule has 2 fully saturated rings. The molecular formula is C24H24N4O5. The van der Waals surface area contributed by atoms with Crippen molar-refractivity contribution in [1.29, 1.82) is 0 Å². The average molecular weight is 448 g/mol. The topological polar surface area (TPSA) is 131 Å². The summed E-state index contributed by atoms with van der Waals surface area (Å²) in [5.74, 6) is -2.82. The fourth-order valence-corrected chi connectivity index (χ4v) is 5.52. The predicted octanol–water partition coefficient (Wildman–Crippen LogP) is 0.881. The van der Waals surface area contributed by atoms with E-state index in [2.05, 4.69) is 10.6 Å². The van der Waals surface area contributed by atoms with E-state index in [0.29, 0.717) is 22.6 Å². The van der Waals surface area contributed by atoms with Gasteiger partial charge in [0.2, 0.25) is 23.6 Å². The van der Waals surface area contributed by atoms with E-state index in [1.807, 2.05) is 12.1 Å². The van der Waals surface area contributed by atoms with Crippen molar-refractivity contribution in [1.82, 2.24) is 10.2 Å². The van der Waals surface area contributed by atoms with Gasteiger partial charge in [-0.3, -0.25) is 29.4 Å². The summed E-state index contributed by atoms with van der Waals surface area (Å²) in [5, 5.41) is 6.14. The van der Waals surface area contributed by atoms with Gasteiger partial charge >= 0.3 is 0 Å². The Morgan fingerprint density at radius 3 is 2.58 bits per heavy atom. The first-order chi connectivity index (χ1) is 15.9. The molecule has 4 atom stereocenters. The Labute approximate surface area is 190 Å². The molecule has 0 aromatic heterocycles. The molecule has 0 unspecified atom stereocenters. The maximum Gasteiger partial charge on any atom is 0.250 e. The molecule has 0 aliphatic carbocycles. The Hall–Kier alpha value is -3.72. The van der Waals surface area contributed by atoms with E-state index < -0.39 is 35.2 Å². The minimum atomic E-state index is -1.38. The van der Waals surface area contributed by atoms with Crippen LogP contribution < -0.4 is 21.1 Å². The van der Waals surface area contributed by atoms with E-state index in [4.69, 9.17) is 10.5 Å². The van der Waals surface area contributed by atoms with Gasteiger partial charge < -0.3 is 15.8 Å². The van der Waals surface area contributed by atoms with Crippen molar-refractivity contribution in [2.75, 3.05) is 12.4 Å². The number of benzene rings is 2. The van der Waals surface area contributed by atoms with Crippen LogP contribution in [-0.4, -0.2) is 41.7 Å². The van der Waals surface area contributed by atoms with Gasteiger partial charge in [0.05, 0.1) is 25.5 Å². The predicted molar refractivity (Wildman–Crippen MR) is 118 cm³/mol. The van der Waals surface area contributed by atoms with Crippen molar-refractivity contribution < 1.29 is 23.9 Å². The highest BCUT2D eigenvalue weighted by atomic mass is 16.5. The number of carbonyl (C=O) groups is 4. The summed E-state index contributed by atoms with van der Waals surface area (Å²) in [5.41, 5.74) is 5.90. The average Bonchev–Trinajstić information content (AvgIpc) is 3.39. The van der Waals surface area contributed by atoms with E-state index in [1.165, 1.54) is 12.0 Å². The maximum absolute atomic E-state index is 13.8. The lowest BCUT2D eigenvalue weighted by Crippen LogP contribution is -2.53. The normalized spacial score (nSPS) is 27.6. The number of hydrogen-bond acceptors (Lipinski definition) is 6. The van der Waals surface area contributed by atoms with E-state index in [1.54, 1.807) is 36.4 Å². The number of nitrogens with two attached hydrogens (primary N) is 1. The molecule has 3 aliphatic rings. The number of anilines is 1. The number of carbonyl (C=O) groups excluding carboxylic acids is 4. The van der Waals surface area contributed by atoms with Crippen LogP contribution in [0.2, 0.25) is 0 Å². The Bertz CT molecular complexity index is 1180. The van der Waals surface area contributed by atoms with Crippen LogP contribution in [0.15, 0.2) is 48.5 Å². The number of likely N-dealkylation sites (tertiary alicyclic amines) is 1. The molecule has 4 N–H and O–H groups in total. The third-order valence-electron chi connectivity index (χ3n) is 6.94. The van der Waals surface area contributed by atoms with Gasteiger partial charge in [-0.05, 0) is 18.6 Å². The minimum absolute atomic E-state index is 0.0359. The van der Waals surface area contributed by atoms with Crippen LogP contribution in [0.25, 0.3) is 0 Å². The Kier molecular flexibility index (Phi) is 4.93. The largest absolute Gasteiger partial charge is 0.496 e. The molecule has 170 valence electrons. The summed E-state index contributed by atoms with van der Waals surface area (Å²) in [7, 11) is 1.53. The quantitative estimate of drug-likeness (QED) is 0.563. The maximum atomic E-state index is 13.8. The van der Waals surface area contributed by atoms with Crippen LogP contribution in [0.4, 0.5) is 5.69 Å². The van der Waals surface area contributed by atoms with Gasteiger partial charge in [-0.2, -0.15) is 0 Å². The number of primary amides is 1. The van der Waals surface area contributed by atoms with Crippen LogP contribution in [0, 0.1) is 11.8 Å². The molecule has 9 heteroatoms. The second-order valence-electron chi connectivity index (χ2n) is 8.64. The number of hydrogen-bond donors (Lipinski definition) is 3. The summed E-state index contributed by atoms with van der Waals surface area (Å²) in [6.07, 6.45) is 0.281. The Morgan fingerprint density at radius 2 is 1.82 bits per heavy atom. The molecule has 0 saturated carbocycles. The van der Waals surface area contributed by atoms with E-state index in [-0.39, 0.29) is 31.2 Å². The van der Waals surface area contributed by atoms with Gasteiger partial charge in [0, 0.05) is 29.3 Å². The van der Waals surface area contributed by atoms with E-state index in [9.17, 15) is 19.2 Å². The second-order valence-corrected chi connectivity index (χ2v) is 8.64. The van der Waals surface area contributed by atoms with Crippen molar-refractivity contribution in [3.05, 3.63) is 59.7 Å². The van der Waals surface area contributed by atoms with Crippen molar-refractivity contribution in [2.45, 2.75) is 31.0 Å². The molecular weight excluding hydrogens is 424 g/mol. The van der Waals surface area contributed by atoms with Crippen molar-refractivity contribution >= 4 is 29.3 Å². The van der Waals surface area contributed by atoms with Gasteiger partial charge in [-0.15, -0.1) is 0 Å². The molecule has 9 nitrogen and oxygen atoms in total.